The average molecular weight is 590 g/mol. The minimum atomic E-state index is -0.797. The van der Waals surface area contributed by atoms with Gasteiger partial charge in [-0.25, -0.2) is 0 Å². The van der Waals surface area contributed by atoms with Gasteiger partial charge in [0, 0.05) is 41.5 Å². The fraction of sp³-hybridized carbons (Fsp3) is 0.483. The van der Waals surface area contributed by atoms with Crippen LogP contribution in [0.15, 0.2) is 46.9 Å². The van der Waals surface area contributed by atoms with E-state index in [2.05, 4.69) is 35.8 Å². The van der Waals surface area contributed by atoms with Crippen molar-refractivity contribution in [2.75, 3.05) is 26.2 Å². The summed E-state index contributed by atoms with van der Waals surface area (Å²) in [6, 6.07) is 13.8. The summed E-state index contributed by atoms with van der Waals surface area (Å²) >= 11 is 10.2. The smallest absolute Gasteiger partial charge is 0.303 e. The van der Waals surface area contributed by atoms with Gasteiger partial charge in [-0.05, 0) is 66.0 Å². The van der Waals surface area contributed by atoms with Crippen LogP contribution in [-0.4, -0.2) is 58.9 Å². The number of aliphatic carboxylic acids is 1. The van der Waals surface area contributed by atoms with E-state index in [1.54, 1.807) is 9.80 Å². The standard InChI is InChI=1S/C29H34BrClN2O4/c1-18(2)13-24-21-8-7-20(31)15-23(21)25(22-5-3-4-6-26(22)30)16-33(29(24)37)17-27(34)32-11-9-19(10-12-32)14-28(35)36/h3-8,15,18-19,24-25H,9-14,16-17H2,1-2H3,(H,35,36). The molecule has 1 fully saturated rings. The summed E-state index contributed by atoms with van der Waals surface area (Å²) in [4.78, 5) is 42.0. The molecule has 0 aliphatic carbocycles. The predicted molar refractivity (Wildman–Crippen MR) is 148 cm³/mol. The van der Waals surface area contributed by atoms with Gasteiger partial charge in [-0.3, -0.25) is 14.4 Å². The van der Waals surface area contributed by atoms with Crippen molar-refractivity contribution in [2.24, 2.45) is 11.8 Å². The van der Waals surface area contributed by atoms with Crippen LogP contribution < -0.4 is 0 Å². The van der Waals surface area contributed by atoms with Crippen LogP contribution in [0.5, 0.6) is 0 Å². The number of nitrogens with zero attached hydrogens (tertiary/aromatic N) is 2. The molecule has 2 atom stereocenters. The maximum atomic E-state index is 14.0. The van der Waals surface area contributed by atoms with E-state index < -0.39 is 5.97 Å². The molecule has 0 aromatic heterocycles. The van der Waals surface area contributed by atoms with Crippen molar-refractivity contribution in [1.82, 2.24) is 9.80 Å². The van der Waals surface area contributed by atoms with Gasteiger partial charge in [-0.15, -0.1) is 0 Å². The van der Waals surface area contributed by atoms with Gasteiger partial charge in [0.2, 0.25) is 11.8 Å². The third kappa shape index (κ3) is 6.55. The molecule has 0 saturated carbocycles. The maximum Gasteiger partial charge on any atom is 0.303 e. The van der Waals surface area contributed by atoms with E-state index in [-0.39, 0.29) is 42.5 Å². The van der Waals surface area contributed by atoms with Crippen molar-refractivity contribution in [3.05, 3.63) is 68.7 Å². The molecule has 198 valence electrons. The van der Waals surface area contributed by atoms with E-state index in [0.29, 0.717) is 49.8 Å². The molecule has 2 aliphatic heterocycles. The van der Waals surface area contributed by atoms with Gasteiger partial charge in [0.05, 0.1) is 12.5 Å². The van der Waals surface area contributed by atoms with Crippen LogP contribution in [-0.2, 0) is 14.4 Å². The van der Waals surface area contributed by atoms with Gasteiger partial charge >= 0.3 is 5.97 Å². The highest BCUT2D eigenvalue weighted by molar-refractivity contribution is 9.10. The Hall–Kier alpha value is -2.38. The lowest BCUT2D eigenvalue weighted by atomic mass is 9.82. The fourth-order valence-corrected chi connectivity index (χ4v) is 6.43. The normalized spacial score (nSPS) is 20.6. The molecule has 2 aliphatic rings. The van der Waals surface area contributed by atoms with Crippen LogP contribution in [0.1, 0.15) is 68.1 Å². The van der Waals surface area contributed by atoms with E-state index in [4.69, 9.17) is 16.7 Å². The maximum absolute atomic E-state index is 14.0. The summed E-state index contributed by atoms with van der Waals surface area (Å²) < 4.78 is 0.951. The summed E-state index contributed by atoms with van der Waals surface area (Å²) in [5.41, 5.74) is 3.06. The molecule has 2 aromatic rings. The Labute approximate surface area is 232 Å². The number of benzene rings is 2. The van der Waals surface area contributed by atoms with Crippen LogP contribution >= 0.6 is 27.5 Å². The molecule has 4 rings (SSSR count). The zero-order valence-electron chi connectivity index (χ0n) is 21.3. The molecule has 2 amide bonds. The summed E-state index contributed by atoms with van der Waals surface area (Å²) in [5, 5.41) is 9.72. The van der Waals surface area contributed by atoms with Gasteiger partial charge < -0.3 is 14.9 Å². The molecule has 1 saturated heterocycles. The second kappa shape index (κ2) is 12.0. The van der Waals surface area contributed by atoms with E-state index in [0.717, 1.165) is 21.2 Å². The molecule has 1 N–H and O–H groups in total. The molecule has 8 heteroatoms. The second-order valence-electron chi connectivity index (χ2n) is 10.7. The number of carboxylic acids is 1. The molecule has 0 radical (unpaired) electrons. The van der Waals surface area contributed by atoms with Gasteiger partial charge in [-0.1, -0.05) is 65.6 Å². The highest BCUT2D eigenvalue weighted by Gasteiger charge is 2.38. The largest absolute Gasteiger partial charge is 0.481 e. The average Bonchev–Trinajstić information content (AvgIpc) is 2.94. The number of amides is 2. The molecule has 2 heterocycles. The third-order valence-corrected chi connectivity index (χ3v) is 8.51. The highest BCUT2D eigenvalue weighted by Crippen LogP contribution is 2.42. The lowest BCUT2D eigenvalue weighted by Gasteiger charge is -2.34. The first-order valence-corrected chi connectivity index (χ1v) is 14.1. The van der Waals surface area contributed by atoms with Gasteiger partial charge in [0.25, 0.3) is 0 Å². The number of hydrogen-bond acceptors (Lipinski definition) is 3. The first-order chi connectivity index (χ1) is 17.6. The van der Waals surface area contributed by atoms with Crippen molar-refractivity contribution in [3.63, 3.8) is 0 Å². The Morgan fingerprint density at radius 3 is 2.43 bits per heavy atom. The van der Waals surface area contributed by atoms with Crippen molar-refractivity contribution < 1.29 is 19.5 Å². The fourth-order valence-electron chi connectivity index (χ4n) is 5.69. The van der Waals surface area contributed by atoms with E-state index >= 15 is 0 Å². The van der Waals surface area contributed by atoms with Gasteiger partial charge in [0.1, 0.15) is 0 Å². The quantitative estimate of drug-likeness (QED) is 0.435. The van der Waals surface area contributed by atoms with Gasteiger partial charge in [0.15, 0.2) is 0 Å². The second-order valence-corrected chi connectivity index (χ2v) is 12.0. The molecule has 2 aromatic carbocycles. The minimum Gasteiger partial charge on any atom is -0.481 e. The first-order valence-electron chi connectivity index (χ1n) is 13.0. The third-order valence-electron chi connectivity index (χ3n) is 7.56. The molecule has 2 unspecified atom stereocenters. The monoisotopic (exact) mass is 588 g/mol. The molecule has 37 heavy (non-hydrogen) atoms. The van der Waals surface area contributed by atoms with E-state index in [1.165, 1.54) is 0 Å². The number of piperidine rings is 1. The molecular weight excluding hydrogens is 556 g/mol. The summed E-state index contributed by atoms with van der Waals surface area (Å²) in [7, 11) is 0. The number of hydrogen-bond donors (Lipinski definition) is 1. The Balaban J connectivity index is 1.65. The van der Waals surface area contributed by atoms with Crippen LogP contribution in [0.2, 0.25) is 5.02 Å². The highest BCUT2D eigenvalue weighted by atomic mass is 79.9. The number of carbonyl (C=O) groups excluding carboxylic acids is 2. The van der Waals surface area contributed by atoms with Crippen LogP contribution in [0.3, 0.4) is 0 Å². The van der Waals surface area contributed by atoms with E-state index in [1.807, 2.05) is 36.4 Å². The van der Waals surface area contributed by atoms with Crippen LogP contribution in [0.25, 0.3) is 0 Å². The van der Waals surface area contributed by atoms with E-state index in [9.17, 15) is 14.4 Å². The number of fused-ring (bicyclic) bond motifs is 1. The first kappa shape index (κ1) is 27.6. The Morgan fingerprint density at radius 1 is 1.08 bits per heavy atom. The zero-order valence-corrected chi connectivity index (χ0v) is 23.7. The number of likely N-dealkylation sites (tertiary alicyclic amines) is 1. The lowest BCUT2D eigenvalue weighted by molar-refractivity contribution is -0.143. The lowest BCUT2D eigenvalue weighted by Crippen LogP contribution is -2.47. The summed E-state index contributed by atoms with van der Waals surface area (Å²) in [6.07, 6.45) is 2.16. The predicted octanol–water partition coefficient (Wildman–Crippen LogP) is 5.92. The molecule has 0 bridgehead atoms. The van der Waals surface area contributed by atoms with Crippen molar-refractivity contribution >= 4 is 45.3 Å². The number of halogens is 2. The van der Waals surface area contributed by atoms with Crippen molar-refractivity contribution in [1.29, 1.82) is 0 Å². The summed E-state index contributed by atoms with van der Waals surface area (Å²) in [5.74, 6) is -1.01. The van der Waals surface area contributed by atoms with Crippen LogP contribution in [0.4, 0.5) is 0 Å². The SMILES string of the molecule is CC(C)CC1C(=O)N(CC(=O)N2CCC(CC(=O)O)CC2)CC(c2ccccc2Br)c2cc(Cl)ccc21. The van der Waals surface area contributed by atoms with Crippen LogP contribution in [0, 0.1) is 11.8 Å². The number of carbonyl (C=O) groups is 3. The Bertz CT molecular complexity index is 1160. The number of carboxylic acid groups (broad SMARTS) is 1. The van der Waals surface area contributed by atoms with Crippen molar-refractivity contribution in [2.45, 2.75) is 51.4 Å². The Morgan fingerprint density at radius 2 is 1.78 bits per heavy atom. The number of rotatable bonds is 7. The molecule has 6 nitrogen and oxygen atoms in total. The molecular formula is C29H34BrClN2O4. The molecule has 0 spiro atoms. The van der Waals surface area contributed by atoms with Gasteiger partial charge in [-0.2, -0.15) is 0 Å². The Kier molecular flexibility index (Phi) is 8.96. The summed E-state index contributed by atoms with van der Waals surface area (Å²) in [6.45, 7) is 5.66. The van der Waals surface area contributed by atoms with Crippen molar-refractivity contribution in [3.8, 4) is 0 Å². The minimum absolute atomic E-state index is 0.0136. The topological polar surface area (TPSA) is 77.9 Å². The zero-order chi connectivity index (χ0) is 26.7.